The van der Waals surface area contributed by atoms with Gasteiger partial charge in [0.2, 0.25) is 5.91 Å². The predicted octanol–water partition coefficient (Wildman–Crippen LogP) is 2.22. The number of rotatable bonds is 1. The van der Waals surface area contributed by atoms with Gasteiger partial charge in [-0.05, 0) is 42.5 Å². The molecule has 3 atom stereocenters. The fourth-order valence-corrected chi connectivity index (χ4v) is 4.97. The van der Waals surface area contributed by atoms with E-state index in [4.69, 9.17) is 0 Å². The summed E-state index contributed by atoms with van der Waals surface area (Å²) < 4.78 is 0. The first-order valence-corrected chi connectivity index (χ1v) is 8.77. The summed E-state index contributed by atoms with van der Waals surface area (Å²) in [4.78, 5) is 28.8. The van der Waals surface area contributed by atoms with Crippen LogP contribution in [0.2, 0.25) is 0 Å². The third-order valence-corrected chi connectivity index (χ3v) is 5.92. The standard InChI is InChI=1S/C16H20N2O2S/c19-15-3-1-2-14-13-6-11(8-18(14)15)7-17(9-13)16(20)12-4-5-21-10-12/h4-5,10-11,13-14H,1-3,6-9H2. The number of amides is 2. The molecule has 3 aliphatic heterocycles. The second kappa shape index (κ2) is 5.13. The Morgan fingerprint density at radius 1 is 1.29 bits per heavy atom. The summed E-state index contributed by atoms with van der Waals surface area (Å²) in [7, 11) is 0. The van der Waals surface area contributed by atoms with Crippen LogP contribution in [0.1, 0.15) is 36.0 Å². The molecule has 4 heterocycles. The van der Waals surface area contributed by atoms with Gasteiger partial charge in [0.15, 0.2) is 0 Å². The number of piperidine rings is 3. The smallest absolute Gasteiger partial charge is 0.254 e. The normalized spacial score (nSPS) is 32.0. The Morgan fingerprint density at radius 3 is 3.00 bits per heavy atom. The molecule has 3 fully saturated rings. The van der Waals surface area contributed by atoms with Gasteiger partial charge in [-0.15, -0.1) is 0 Å². The molecule has 4 rings (SSSR count). The first-order valence-electron chi connectivity index (χ1n) is 7.83. The molecule has 4 nitrogen and oxygen atoms in total. The highest BCUT2D eigenvalue weighted by Crippen LogP contribution is 2.38. The molecular weight excluding hydrogens is 284 g/mol. The molecule has 1 aromatic heterocycles. The van der Waals surface area contributed by atoms with Gasteiger partial charge in [-0.25, -0.2) is 0 Å². The van der Waals surface area contributed by atoms with Crippen molar-refractivity contribution in [3.05, 3.63) is 22.4 Å². The van der Waals surface area contributed by atoms with E-state index in [9.17, 15) is 9.59 Å². The molecule has 0 saturated carbocycles. The van der Waals surface area contributed by atoms with Crippen molar-refractivity contribution in [3.63, 3.8) is 0 Å². The van der Waals surface area contributed by atoms with E-state index in [0.717, 1.165) is 38.0 Å². The minimum absolute atomic E-state index is 0.168. The second-order valence-corrected chi connectivity index (χ2v) is 7.37. The van der Waals surface area contributed by atoms with Crippen molar-refractivity contribution in [3.8, 4) is 0 Å². The van der Waals surface area contributed by atoms with Gasteiger partial charge in [-0.2, -0.15) is 11.3 Å². The summed E-state index contributed by atoms with van der Waals surface area (Å²) in [6.07, 6.45) is 4.03. The highest BCUT2D eigenvalue weighted by atomic mass is 32.1. The largest absolute Gasteiger partial charge is 0.339 e. The van der Waals surface area contributed by atoms with Crippen LogP contribution in [0, 0.1) is 11.8 Å². The van der Waals surface area contributed by atoms with Crippen LogP contribution in [0.25, 0.3) is 0 Å². The zero-order valence-corrected chi connectivity index (χ0v) is 12.8. The van der Waals surface area contributed by atoms with E-state index < -0.39 is 0 Å². The third-order valence-electron chi connectivity index (χ3n) is 5.24. The maximum atomic E-state index is 12.6. The van der Waals surface area contributed by atoms with Crippen molar-refractivity contribution in [1.82, 2.24) is 9.80 Å². The van der Waals surface area contributed by atoms with Gasteiger partial charge in [-0.3, -0.25) is 9.59 Å². The summed E-state index contributed by atoms with van der Waals surface area (Å²) in [6.45, 7) is 2.48. The van der Waals surface area contributed by atoms with Gasteiger partial charge in [-0.1, -0.05) is 0 Å². The lowest BCUT2D eigenvalue weighted by Gasteiger charge is -2.52. The van der Waals surface area contributed by atoms with E-state index >= 15 is 0 Å². The average Bonchev–Trinajstić information content (AvgIpc) is 3.02. The molecule has 3 aliphatic rings. The first kappa shape index (κ1) is 13.3. The number of thiophene rings is 1. The topological polar surface area (TPSA) is 40.6 Å². The summed E-state index contributed by atoms with van der Waals surface area (Å²) in [5.41, 5.74) is 0.816. The number of likely N-dealkylation sites (tertiary alicyclic amines) is 1. The molecule has 21 heavy (non-hydrogen) atoms. The maximum absolute atomic E-state index is 12.6. The fourth-order valence-electron chi connectivity index (χ4n) is 4.34. The molecule has 3 unspecified atom stereocenters. The van der Waals surface area contributed by atoms with Gasteiger partial charge >= 0.3 is 0 Å². The molecule has 0 aliphatic carbocycles. The summed E-state index contributed by atoms with van der Waals surface area (Å²) in [5, 5.41) is 3.89. The Morgan fingerprint density at radius 2 is 2.19 bits per heavy atom. The first-order chi connectivity index (χ1) is 10.2. The van der Waals surface area contributed by atoms with Crippen molar-refractivity contribution in [2.45, 2.75) is 31.7 Å². The van der Waals surface area contributed by atoms with Gasteiger partial charge in [0.05, 0.1) is 5.56 Å². The molecule has 0 spiro atoms. The van der Waals surface area contributed by atoms with Gasteiger partial charge in [0.1, 0.15) is 0 Å². The van der Waals surface area contributed by atoms with E-state index in [2.05, 4.69) is 4.90 Å². The minimum atomic E-state index is 0.168. The number of fused-ring (bicyclic) bond motifs is 4. The van der Waals surface area contributed by atoms with E-state index in [-0.39, 0.29) is 5.91 Å². The molecule has 112 valence electrons. The van der Waals surface area contributed by atoms with Gasteiger partial charge in [0.25, 0.3) is 5.91 Å². The Hall–Kier alpha value is -1.36. The van der Waals surface area contributed by atoms with Gasteiger partial charge < -0.3 is 9.80 Å². The Kier molecular flexibility index (Phi) is 3.25. The maximum Gasteiger partial charge on any atom is 0.254 e. The molecular formula is C16H20N2O2S. The zero-order valence-electron chi connectivity index (χ0n) is 12.0. The van der Waals surface area contributed by atoms with Crippen molar-refractivity contribution in [1.29, 1.82) is 0 Å². The lowest BCUT2D eigenvalue weighted by Crippen LogP contribution is -2.61. The molecule has 2 bridgehead atoms. The second-order valence-electron chi connectivity index (χ2n) is 6.59. The molecule has 3 saturated heterocycles. The van der Waals surface area contributed by atoms with Crippen molar-refractivity contribution in [2.75, 3.05) is 19.6 Å². The highest BCUT2D eigenvalue weighted by molar-refractivity contribution is 7.08. The molecule has 0 aromatic carbocycles. The summed E-state index contributed by atoms with van der Waals surface area (Å²) >= 11 is 1.57. The van der Waals surface area contributed by atoms with Crippen LogP contribution in [-0.4, -0.2) is 47.3 Å². The number of carbonyl (C=O) groups is 2. The van der Waals surface area contributed by atoms with Crippen LogP contribution in [0.15, 0.2) is 16.8 Å². The summed E-state index contributed by atoms with van der Waals surface area (Å²) in [6, 6.07) is 2.29. The predicted molar refractivity (Wildman–Crippen MR) is 81.2 cm³/mol. The highest BCUT2D eigenvalue weighted by Gasteiger charge is 2.44. The molecule has 0 N–H and O–H groups in total. The lowest BCUT2D eigenvalue weighted by atomic mass is 9.76. The van der Waals surface area contributed by atoms with Crippen LogP contribution in [0.4, 0.5) is 0 Å². The number of hydrogen-bond acceptors (Lipinski definition) is 3. The summed E-state index contributed by atoms with van der Waals surface area (Å²) in [5.74, 6) is 1.44. The molecule has 2 amide bonds. The van der Waals surface area contributed by atoms with Crippen molar-refractivity contribution in [2.24, 2.45) is 11.8 Å². The van der Waals surface area contributed by atoms with E-state index in [0.29, 0.717) is 30.2 Å². The monoisotopic (exact) mass is 304 g/mol. The molecule has 5 heteroatoms. The number of nitrogens with zero attached hydrogens (tertiary/aromatic N) is 2. The lowest BCUT2D eigenvalue weighted by molar-refractivity contribution is -0.144. The third kappa shape index (κ3) is 2.27. The number of carbonyl (C=O) groups excluding carboxylic acids is 2. The Labute approximate surface area is 128 Å². The minimum Gasteiger partial charge on any atom is -0.339 e. The van der Waals surface area contributed by atoms with E-state index in [1.807, 2.05) is 21.7 Å². The van der Waals surface area contributed by atoms with Crippen LogP contribution in [0.5, 0.6) is 0 Å². The van der Waals surface area contributed by atoms with Crippen molar-refractivity contribution < 1.29 is 9.59 Å². The fraction of sp³-hybridized carbons (Fsp3) is 0.625. The van der Waals surface area contributed by atoms with Crippen LogP contribution in [0.3, 0.4) is 0 Å². The quantitative estimate of drug-likeness (QED) is 0.798. The molecule has 0 radical (unpaired) electrons. The SMILES string of the molecule is O=C(c1ccsc1)N1CC2CC(C1)C1CCCC(=O)N1C2. The Balaban J connectivity index is 1.53. The van der Waals surface area contributed by atoms with Crippen LogP contribution < -0.4 is 0 Å². The molecule has 1 aromatic rings. The Bertz CT molecular complexity index is 557. The van der Waals surface area contributed by atoms with E-state index in [1.54, 1.807) is 11.3 Å². The van der Waals surface area contributed by atoms with Crippen molar-refractivity contribution >= 4 is 23.2 Å². The van der Waals surface area contributed by atoms with Gasteiger partial charge in [0, 0.05) is 37.5 Å². The average molecular weight is 304 g/mol. The van der Waals surface area contributed by atoms with Crippen LogP contribution in [-0.2, 0) is 4.79 Å². The van der Waals surface area contributed by atoms with E-state index in [1.165, 1.54) is 6.42 Å². The van der Waals surface area contributed by atoms with Crippen LogP contribution >= 0.6 is 11.3 Å². The number of hydrogen-bond donors (Lipinski definition) is 0. The zero-order chi connectivity index (χ0) is 14.4.